The molecular weight excluding hydrogens is 676 g/mol. The number of hydrogen-bond donors (Lipinski definition) is 7. The van der Waals surface area contributed by atoms with Crippen molar-refractivity contribution < 1.29 is 64.2 Å². The van der Waals surface area contributed by atoms with Crippen LogP contribution in [0.15, 0.2) is 11.6 Å². The number of rotatable bonds is 5. The molecule has 0 radical (unpaired) electrons. The third-order valence-corrected chi connectivity index (χ3v) is 15.8. The Morgan fingerprint density at radius 2 is 1.60 bits per heavy atom. The highest BCUT2D eigenvalue weighted by molar-refractivity contribution is 5.29. The molecule has 1 spiro atoms. The van der Waals surface area contributed by atoms with E-state index in [1.807, 2.05) is 0 Å². The third-order valence-electron chi connectivity index (χ3n) is 15.8. The molecule has 4 aliphatic carbocycles. The Kier molecular flexibility index (Phi) is 9.83. The molecule has 0 aromatic rings. The zero-order chi connectivity index (χ0) is 37.1. The van der Waals surface area contributed by atoms with E-state index < -0.39 is 79.4 Å². The number of fused-ring (bicyclic) bond motifs is 7. The second-order valence-corrected chi connectivity index (χ2v) is 18.4. The van der Waals surface area contributed by atoms with Gasteiger partial charge in [0.1, 0.15) is 48.3 Å². The monoisotopic (exact) mass is 738 g/mol. The van der Waals surface area contributed by atoms with Crippen LogP contribution in [0.4, 0.5) is 0 Å². The van der Waals surface area contributed by atoms with Gasteiger partial charge in [-0.3, -0.25) is 0 Å². The first kappa shape index (κ1) is 38.1. The Bertz CT molecular complexity index is 1350. The van der Waals surface area contributed by atoms with Crippen molar-refractivity contribution in [3.8, 4) is 0 Å². The van der Waals surface area contributed by atoms with Crippen LogP contribution < -0.4 is 0 Å². The SMILES string of the molecule is C[C@@H]1CC[C@@]2(OC1)O[C@H]1C[C@H]3[C@H]4CC=C5C[C@@H](O[C@@H]6O[C@H](CO)[C@@H](O)[C@H](O)[C@H]6O[C@@H]6O[C@@H](C)[C@@H](O)[C@H](O)[C@@H]6O)CC[C@]5(C)[C@H]4CC[C@]3(C)[C@@]1(O)[C@@H]2C. The zero-order valence-electron chi connectivity index (χ0n) is 31.3. The summed E-state index contributed by atoms with van der Waals surface area (Å²) in [5.74, 6) is 0.929. The van der Waals surface area contributed by atoms with Gasteiger partial charge in [-0.05, 0) is 87.4 Å². The molecule has 4 aliphatic heterocycles. The van der Waals surface area contributed by atoms with Gasteiger partial charge in [0, 0.05) is 17.8 Å². The van der Waals surface area contributed by atoms with Crippen LogP contribution in [0, 0.1) is 40.4 Å². The molecule has 4 saturated heterocycles. The second-order valence-electron chi connectivity index (χ2n) is 18.4. The van der Waals surface area contributed by atoms with E-state index in [-0.39, 0.29) is 29.0 Å². The number of aliphatic hydroxyl groups is 7. The van der Waals surface area contributed by atoms with Crippen LogP contribution in [0.5, 0.6) is 0 Å². The van der Waals surface area contributed by atoms with Crippen LogP contribution in [0.3, 0.4) is 0 Å². The minimum absolute atomic E-state index is 0.0411. The maximum absolute atomic E-state index is 12.7. The Hall–Kier alpha value is -0.780. The van der Waals surface area contributed by atoms with Crippen molar-refractivity contribution in [2.24, 2.45) is 40.4 Å². The molecule has 21 atom stereocenters. The lowest BCUT2D eigenvalue weighted by molar-refractivity contribution is -0.369. The summed E-state index contributed by atoms with van der Waals surface area (Å²) in [5, 5.41) is 75.6. The van der Waals surface area contributed by atoms with Gasteiger partial charge in [0.2, 0.25) is 0 Å². The molecule has 0 aromatic carbocycles. The highest BCUT2D eigenvalue weighted by Crippen LogP contribution is 2.72. The van der Waals surface area contributed by atoms with Crippen LogP contribution in [-0.2, 0) is 28.4 Å². The average Bonchev–Trinajstić information content (AvgIpc) is 3.48. The molecule has 296 valence electrons. The normalized spacial score (nSPS) is 58.9. The molecule has 0 amide bonds. The summed E-state index contributed by atoms with van der Waals surface area (Å²) in [6.07, 6.45) is -3.83. The molecule has 8 rings (SSSR count). The Morgan fingerprint density at radius 3 is 2.31 bits per heavy atom. The molecule has 0 bridgehead atoms. The lowest BCUT2D eigenvalue weighted by Crippen LogP contribution is -2.64. The second kappa shape index (κ2) is 13.4. The highest BCUT2D eigenvalue weighted by Gasteiger charge is 2.76. The molecule has 7 N–H and O–H groups in total. The van der Waals surface area contributed by atoms with Gasteiger partial charge in [0.05, 0.1) is 31.5 Å². The van der Waals surface area contributed by atoms with Crippen molar-refractivity contribution in [1.82, 2.24) is 0 Å². The smallest absolute Gasteiger partial charge is 0.187 e. The zero-order valence-corrected chi connectivity index (χ0v) is 31.3. The molecule has 0 aromatic heterocycles. The fourth-order valence-corrected chi connectivity index (χ4v) is 12.5. The first-order chi connectivity index (χ1) is 24.6. The molecule has 8 aliphatic rings. The summed E-state index contributed by atoms with van der Waals surface area (Å²) in [6, 6.07) is 0. The summed E-state index contributed by atoms with van der Waals surface area (Å²) < 4.78 is 37.3. The van der Waals surface area contributed by atoms with Gasteiger partial charge in [0.25, 0.3) is 0 Å². The number of ether oxygens (including phenoxy) is 6. The molecule has 4 heterocycles. The summed E-state index contributed by atoms with van der Waals surface area (Å²) >= 11 is 0. The van der Waals surface area contributed by atoms with E-state index in [4.69, 9.17) is 28.4 Å². The van der Waals surface area contributed by atoms with Crippen LogP contribution in [0.2, 0.25) is 0 Å². The lowest BCUT2D eigenvalue weighted by atomic mass is 9.46. The van der Waals surface area contributed by atoms with E-state index in [0.29, 0.717) is 43.1 Å². The van der Waals surface area contributed by atoms with Crippen molar-refractivity contribution in [1.29, 1.82) is 0 Å². The van der Waals surface area contributed by atoms with Gasteiger partial charge in [0.15, 0.2) is 18.4 Å². The van der Waals surface area contributed by atoms with E-state index in [9.17, 15) is 35.7 Å². The van der Waals surface area contributed by atoms with Crippen molar-refractivity contribution in [2.75, 3.05) is 13.2 Å². The van der Waals surface area contributed by atoms with Crippen molar-refractivity contribution >= 4 is 0 Å². The summed E-state index contributed by atoms with van der Waals surface area (Å²) in [7, 11) is 0. The molecule has 0 unspecified atom stereocenters. The van der Waals surface area contributed by atoms with Crippen LogP contribution in [0.1, 0.15) is 92.4 Å². The standard InChI is InChI=1S/C39H62O13/c1-18-8-13-38(47-17-18)20(3)39(46)27(52-38)15-25-23-7-6-21-14-22(9-11-36(21,4)24(23)10-12-37(25,39)5)49-35-33(31(44)29(42)26(16-40)50-35)51-34-32(45)30(43)28(41)19(2)48-34/h6,18-20,22-35,40-46H,7-17H2,1-5H3/t18-,19+,20-,22+,23+,24+,25+,26-,27+,28-,29-,30+,31+,32+,33-,34+,35-,36+,37+,38-,39-/m1/s1. The van der Waals surface area contributed by atoms with E-state index in [2.05, 4.69) is 33.8 Å². The van der Waals surface area contributed by atoms with Gasteiger partial charge < -0.3 is 64.2 Å². The third kappa shape index (κ3) is 5.50. The largest absolute Gasteiger partial charge is 0.394 e. The Morgan fingerprint density at radius 1 is 0.827 bits per heavy atom. The molecule has 13 nitrogen and oxygen atoms in total. The van der Waals surface area contributed by atoms with Crippen LogP contribution >= 0.6 is 0 Å². The Labute approximate surface area is 306 Å². The molecule has 3 saturated carbocycles. The quantitative estimate of drug-likeness (QED) is 0.201. The highest BCUT2D eigenvalue weighted by atomic mass is 16.8. The van der Waals surface area contributed by atoms with Gasteiger partial charge in [-0.15, -0.1) is 0 Å². The number of allylic oxidation sites excluding steroid dienone is 1. The van der Waals surface area contributed by atoms with E-state index >= 15 is 0 Å². The number of aliphatic hydroxyl groups excluding tert-OH is 6. The van der Waals surface area contributed by atoms with Gasteiger partial charge in [-0.1, -0.05) is 39.3 Å². The molecule has 52 heavy (non-hydrogen) atoms. The summed E-state index contributed by atoms with van der Waals surface area (Å²) in [4.78, 5) is 0. The predicted molar refractivity (Wildman–Crippen MR) is 183 cm³/mol. The van der Waals surface area contributed by atoms with E-state index in [1.165, 1.54) is 12.5 Å². The molecular formula is C39H62O13. The van der Waals surface area contributed by atoms with Crippen LogP contribution in [0.25, 0.3) is 0 Å². The van der Waals surface area contributed by atoms with E-state index in [0.717, 1.165) is 44.9 Å². The predicted octanol–water partition coefficient (Wildman–Crippen LogP) is 1.50. The maximum atomic E-state index is 12.7. The summed E-state index contributed by atoms with van der Waals surface area (Å²) in [6.45, 7) is 10.7. The fraction of sp³-hybridized carbons (Fsp3) is 0.949. The molecule has 13 heteroatoms. The van der Waals surface area contributed by atoms with E-state index in [1.54, 1.807) is 0 Å². The fourth-order valence-electron chi connectivity index (χ4n) is 12.5. The Balaban J connectivity index is 0.977. The average molecular weight is 739 g/mol. The minimum atomic E-state index is -1.62. The van der Waals surface area contributed by atoms with Crippen molar-refractivity contribution in [3.05, 3.63) is 11.6 Å². The van der Waals surface area contributed by atoms with Crippen LogP contribution in [-0.4, -0.2) is 134 Å². The maximum Gasteiger partial charge on any atom is 0.187 e. The van der Waals surface area contributed by atoms with Crippen molar-refractivity contribution in [3.63, 3.8) is 0 Å². The van der Waals surface area contributed by atoms with Gasteiger partial charge in [-0.25, -0.2) is 0 Å². The number of hydrogen-bond acceptors (Lipinski definition) is 13. The van der Waals surface area contributed by atoms with Gasteiger partial charge in [-0.2, -0.15) is 0 Å². The summed E-state index contributed by atoms with van der Waals surface area (Å²) in [5.41, 5.74) is 0.0981. The molecule has 7 fully saturated rings. The van der Waals surface area contributed by atoms with Gasteiger partial charge >= 0.3 is 0 Å². The first-order valence-electron chi connectivity index (χ1n) is 19.9. The topological polar surface area (TPSA) is 197 Å². The van der Waals surface area contributed by atoms with Crippen molar-refractivity contribution in [2.45, 2.75) is 177 Å². The minimum Gasteiger partial charge on any atom is -0.394 e. The first-order valence-corrected chi connectivity index (χ1v) is 19.9. The lowest BCUT2D eigenvalue weighted by Gasteiger charge is -2.60.